The lowest BCUT2D eigenvalue weighted by Gasteiger charge is -2.25. The molecule has 2 rings (SSSR count). The Morgan fingerprint density at radius 1 is 1.35 bits per heavy atom. The van der Waals surface area contributed by atoms with Gasteiger partial charge in [-0.25, -0.2) is 4.79 Å². The van der Waals surface area contributed by atoms with Gasteiger partial charge in [0.2, 0.25) is 0 Å². The van der Waals surface area contributed by atoms with Gasteiger partial charge in [-0.3, -0.25) is 4.79 Å². The summed E-state index contributed by atoms with van der Waals surface area (Å²) in [5, 5.41) is 0. The number of aromatic nitrogens is 1. The Morgan fingerprint density at radius 3 is 2.48 bits per heavy atom. The van der Waals surface area contributed by atoms with Gasteiger partial charge in [0.1, 0.15) is 0 Å². The van der Waals surface area contributed by atoms with E-state index in [1.54, 1.807) is 6.07 Å². The van der Waals surface area contributed by atoms with Gasteiger partial charge >= 0.3 is 12.1 Å². The molecular formula is C15H19F3N2O3. The highest BCUT2D eigenvalue weighted by atomic mass is 19.4. The molecule has 1 heterocycles. The third kappa shape index (κ3) is 3.74. The summed E-state index contributed by atoms with van der Waals surface area (Å²) in [6.07, 6.45) is -0.124. The lowest BCUT2D eigenvalue weighted by Crippen LogP contribution is -2.41. The standard InChI is InChI=1S/C15H19F3N2O3/c1-9-7-11(10-5-3-2-4-6-10)12(8-19)13(21)20(9)23-14(22)15(16,17)18/h7,10H,2-6,8,19H2,1H3. The monoisotopic (exact) mass is 332 g/mol. The van der Waals surface area contributed by atoms with Crippen LogP contribution in [0.1, 0.15) is 54.8 Å². The first kappa shape index (κ1) is 17.5. The second-order valence-corrected chi connectivity index (χ2v) is 5.73. The number of rotatable bonds is 3. The van der Waals surface area contributed by atoms with Crippen molar-refractivity contribution in [2.45, 2.75) is 57.7 Å². The minimum Gasteiger partial charge on any atom is -0.326 e. The van der Waals surface area contributed by atoms with Crippen molar-refractivity contribution in [2.24, 2.45) is 5.73 Å². The van der Waals surface area contributed by atoms with Crippen molar-refractivity contribution in [1.82, 2.24) is 4.73 Å². The van der Waals surface area contributed by atoms with E-state index in [9.17, 15) is 22.8 Å². The lowest BCUT2D eigenvalue weighted by molar-refractivity contribution is -0.200. The number of nitrogens with two attached hydrogens (primary N) is 1. The maximum atomic E-state index is 12.4. The van der Waals surface area contributed by atoms with Gasteiger partial charge in [-0.05, 0) is 37.3 Å². The molecule has 0 saturated heterocycles. The van der Waals surface area contributed by atoms with Crippen LogP contribution in [-0.4, -0.2) is 16.9 Å². The SMILES string of the molecule is Cc1cc(C2CCCCC2)c(CN)c(=O)n1OC(=O)C(F)(F)F. The van der Waals surface area contributed by atoms with E-state index < -0.39 is 17.7 Å². The van der Waals surface area contributed by atoms with E-state index in [1.165, 1.54) is 6.92 Å². The van der Waals surface area contributed by atoms with Crippen LogP contribution in [-0.2, 0) is 11.3 Å². The molecule has 1 saturated carbocycles. The molecule has 1 aliphatic carbocycles. The molecule has 2 N–H and O–H groups in total. The number of pyridine rings is 1. The van der Waals surface area contributed by atoms with E-state index in [-0.39, 0.29) is 23.7 Å². The summed E-state index contributed by atoms with van der Waals surface area (Å²) >= 11 is 0. The van der Waals surface area contributed by atoms with Gasteiger partial charge in [-0.2, -0.15) is 13.2 Å². The number of aryl methyl sites for hydroxylation is 1. The molecule has 0 aromatic carbocycles. The van der Waals surface area contributed by atoms with Crippen molar-refractivity contribution >= 4 is 5.97 Å². The average molecular weight is 332 g/mol. The Balaban J connectivity index is 2.43. The number of carbonyl (C=O) groups is 1. The molecule has 0 amide bonds. The Hall–Kier alpha value is -1.83. The van der Waals surface area contributed by atoms with Crippen LogP contribution in [0.15, 0.2) is 10.9 Å². The predicted octanol–water partition coefficient (Wildman–Crippen LogP) is 2.18. The van der Waals surface area contributed by atoms with Crippen LogP contribution < -0.4 is 16.1 Å². The normalized spacial score (nSPS) is 16.4. The van der Waals surface area contributed by atoms with Gasteiger partial charge in [0, 0.05) is 12.1 Å². The maximum Gasteiger partial charge on any atom is 0.493 e. The zero-order valence-corrected chi connectivity index (χ0v) is 12.8. The molecule has 0 radical (unpaired) electrons. The van der Waals surface area contributed by atoms with Crippen LogP contribution in [0.25, 0.3) is 0 Å². The quantitative estimate of drug-likeness (QED) is 0.921. The molecule has 1 aliphatic rings. The second-order valence-electron chi connectivity index (χ2n) is 5.73. The molecule has 0 unspecified atom stereocenters. The van der Waals surface area contributed by atoms with E-state index in [2.05, 4.69) is 4.84 Å². The smallest absolute Gasteiger partial charge is 0.326 e. The highest BCUT2D eigenvalue weighted by Gasteiger charge is 2.42. The third-order valence-electron chi connectivity index (χ3n) is 4.13. The highest BCUT2D eigenvalue weighted by molar-refractivity contribution is 5.75. The molecule has 0 atom stereocenters. The molecule has 8 heteroatoms. The van der Waals surface area contributed by atoms with Gasteiger partial charge < -0.3 is 10.6 Å². The van der Waals surface area contributed by atoms with E-state index in [4.69, 9.17) is 5.73 Å². The van der Waals surface area contributed by atoms with Crippen LogP contribution >= 0.6 is 0 Å². The first-order chi connectivity index (χ1) is 10.8. The van der Waals surface area contributed by atoms with Gasteiger partial charge in [-0.15, -0.1) is 4.73 Å². The van der Waals surface area contributed by atoms with Gasteiger partial charge in [0.05, 0.1) is 5.69 Å². The first-order valence-corrected chi connectivity index (χ1v) is 7.50. The average Bonchev–Trinajstić information content (AvgIpc) is 2.50. The molecule has 1 aromatic rings. The highest BCUT2D eigenvalue weighted by Crippen LogP contribution is 2.33. The summed E-state index contributed by atoms with van der Waals surface area (Å²) in [6.45, 7) is 1.31. The molecule has 128 valence electrons. The Morgan fingerprint density at radius 2 is 1.96 bits per heavy atom. The number of alkyl halides is 3. The second kappa shape index (κ2) is 6.74. The van der Waals surface area contributed by atoms with Crippen molar-refractivity contribution in [3.63, 3.8) is 0 Å². The molecule has 1 fully saturated rings. The number of carbonyl (C=O) groups excluding carboxylic acids is 1. The fraction of sp³-hybridized carbons (Fsp3) is 0.600. The van der Waals surface area contributed by atoms with E-state index in [1.807, 2.05) is 0 Å². The predicted molar refractivity (Wildman–Crippen MR) is 76.8 cm³/mol. The van der Waals surface area contributed by atoms with Gasteiger partial charge in [-0.1, -0.05) is 19.3 Å². The zero-order chi connectivity index (χ0) is 17.2. The van der Waals surface area contributed by atoms with Crippen LogP contribution in [0.5, 0.6) is 0 Å². The van der Waals surface area contributed by atoms with Crippen molar-refractivity contribution in [3.05, 3.63) is 33.2 Å². The first-order valence-electron chi connectivity index (χ1n) is 7.50. The van der Waals surface area contributed by atoms with E-state index in [0.717, 1.165) is 37.7 Å². The number of hydrogen-bond acceptors (Lipinski definition) is 4. The van der Waals surface area contributed by atoms with Crippen LogP contribution in [0.3, 0.4) is 0 Å². The number of halogens is 3. The molecule has 0 aliphatic heterocycles. The Kier molecular flexibility index (Phi) is 5.13. The topological polar surface area (TPSA) is 74.3 Å². The zero-order valence-electron chi connectivity index (χ0n) is 12.8. The Labute approximate surface area is 131 Å². The van der Waals surface area contributed by atoms with Crippen LogP contribution in [0.2, 0.25) is 0 Å². The summed E-state index contributed by atoms with van der Waals surface area (Å²) in [7, 11) is 0. The fourth-order valence-corrected chi connectivity index (χ4v) is 3.01. The van der Waals surface area contributed by atoms with Crippen molar-refractivity contribution in [1.29, 1.82) is 0 Å². The van der Waals surface area contributed by atoms with Gasteiger partial charge in [0.15, 0.2) is 0 Å². The largest absolute Gasteiger partial charge is 0.493 e. The summed E-state index contributed by atoms with van der Waals surface area (Å²) in [5.41, 5.74) is 5.93. The fourth-order valence-electron chi connectivity index (χ4n) is 3.01. The molecule has 0 spiro atoms. The minimum atomic E-state index is -5.17. The summed E-state index contributed by atoms with van der Waals surface area (Å²) < 4.78 is 37.4. The number of nitrogens with zero attached hydrogens (tertiary/aromatic N) is 1. The van der Waals surface area contributed by atoms with E-state index in [0.29, 0.717) is 4.73 Å². The molecule has 1 aromatic heterocycles. The molecule has 0 bridgehead atoms. The van der Waals surface area contributed by atoms with Crippen molar-refractivity contribution in [3.8, 4) is 0 Å². The van der Waals surface area contributed by atoms with Gasteiger partial charge in [0.25, 0.3) is 5.56 Å². The third-order valence-corrected chi connectivity index (χ3v) is 4.13. The molecular weight excluding hydrogens is 313 g/mol. The minimum absolute atomic E-state index is 0.117. The van der Waals surface area contributed by atoms with Crippen LogP contribution in [0, 0.1) is 6.92 Å². The summed E-state index contributed by atoms with van der Waals surface area (Å²) in [4.78, 5) is 27.6. The number of hydrogen-bond donors (Lipinski definition) is 1. The van der Waals surface area contributed by atoms with Crippen LogP contribution in [0.4, 0.5) is 13.2 Å². The molecule has 5 nitrogen and oxygen atoms in total. The molecule has 23 heavy (non-hydrogen) atoms. The summed E-state index contributed by atoms with van der Waals surface area (Å²) in [5.74, 6) is -2.27. The van der Waals surface area contributed by atoms with Crippen molar-refractivity contribution in [2.75, 3.05) is 0 Å². The van der Waals surface area contributed by atoms with E-state index >= 15 is 0 Å². The maximum absolute atomic E-state index is 12.4. The summed E-state index contributed by atoms with van der Waals surface area (Å²) in [6, 6.07) is 1.60. The lowest BCUT2D eigenvalue weighted by atomic mass is 9.82. The van der Waals surface area contributed by atoms with Crippen molar-refractivity contribution < 1.29 is 22.8 Å². The Bertz CT molecular complexity index is 647.